The normalized spacial score (nSPS) is 32.5. The maximum Gasteiger partial charge on any atom is 0.308 e. The van der Waals surface area contributed by atoms with E-state index in [0.29, 0.717) is 25.9 Å². The zero-order chi connectivity index (χ0) is 13.1. The number of rotatable bonds is 3. The number of hydrogen-bond donors (Lipinski definition) is 2. The lowest BCUT2D eigenvalue weighted by Crippen LogP contribution is -2.35. The number of nitrogens with zero attached hydrogens (tertiary/aromatic N) is 1. The van der Waals surface area contributed by atoms with Gasteiger partial charge in [0, 0.05) is 19.5 Å². The van der Waals surface area contributed by atoms with Crippen LogP contribution in [0.4, 0.5) is 0 Å². The monoisotopic (exact) mass is 255 g/mol. The Morgan fingerprint density at radius 2 is 1.89 bits per heavy atom. The van der Waals surface area contributed by atoms with Crippen molar-refractivity contribution < 1.29 is 19.8 Å². The molecular weight excluding hydrogens is 234 g/mol. The summed E-state index contributed by atoms with van der Waals surface area (Å²) in [4.78, 5) is 24.5. The van der Waals surface area contributed by atoms with Gasteiger partial charge < -0.3 is 15.1 Å². The van der Waals surface area contributed by atoms with Crippen LogP contribution in [0.15, 0.2) is 0 Å². The van der Waals surface area contributed by atoms with Gasteiger partial charge in [-0.15, -0.1) is 0 Å². The molecule has 0 aromatic carbocycles. The molecule has 0 aromatic heterocycles. The van der Waals surface area contributed by atoms with Gasteiger partial charge in [0.2, 0.25) is 5.91 Å². The van der Waals surface area contributed by atoms with Crippen molar-refractivity contribution >= 4 is 11.9 Å². The van der Waals surface area contributed by atoms with Gasteiger partial charge in [-0.05, 0) is 25.2 Å². The number of likely N-dealkylation sites (tertiary alicyclic amines) is 1. The van der Waals surface area contributed by atoms with Gasteiger partial charge in [0.25, 0.3) is 0 Å². The standard InChI is InChI=1S/C13H21NO4/c15-11-4-2-1-3-9(11)7-12(16)14-6-5-10(8-14)13(17)18/h9-11,15H,1-8H2,(H,17,18)/t9-,10?,11+/m0/s1. The van der Waals surface area contributed by atoms with Crippen molar-refractivity contribution in [3.63, 3.8) is 0 Å². The summed E-state index contributed by atoms with van der Waals surface area (Å²) in [5.41, 5.74) is 0. The number of hydrogen-bond acceptors (Lipinski definition) is 3. The minimum atomic E-state index is -0.817. The predicted molar refractivity (Wildman–Crippen MR) is 64.9 cm³/mol. The van der Waals surface area contributed by atoms with Crippen molar-refractivity contribution in [3.05, 3.63) is 0 Å². The van der Waals surface area contributed by atoms with Crippen molar-refractivity contribution in [1.29, 1.82) is 0 Å². The van der Waals surface area contributed by atoms with Gasteiger partial charge in [0.1, 0.15) is 0 Å². The molecule has 0 spiro atoms. The molecular formula is C13H21NO4. The van der Waals surface area contributed by atoms with E-state index in [4.69, 9.17) is 5.11 Å². The van der Waals surface area contributed by atoms with Crippen LogP contribution in [0.2, 0.25) is 0 Å². The molecule has 0 bridgehead atoms. The van der Waals surface area contributed by atoms with Gasteiger partial charge in [-0.3, -0.25) is 9.59 Å². The predicted octanol–water partition coefficient (Wildman–Crippen LogP) is 0.861. The zero-order valence-corrected chi connectivity index (χ0v) is 10.5. The van der Waals surface area contributed by atoms with Crippen LogP contribution >= 0.6 is 0 Å². The third-order valence-electron chi connectivity index (χ3n) is 4.20. The SMILES string of the molecule is O=C(O)C1CCN(C(=O)C[C@@H]2CCCC[C@H]2O)C1. The van der Waals surface area contributed by atoms with E-state index in [1.54, 1.807) is 4.90 Å². The number of aliphatic hydroxyl groups is 1. The van der Waals surface area contributed by atoms with E-state index in [2.05, 4.69) is 0 Å². The molecule has 102 valence electrons. The quantitative estimate of drug-likeness (QED) is 0.784. The highest BCUT2D eigenvalue weighted by molar-refractivity contribution is 5.79. The lowest BCUT2D eigenvalue weighted by molar-refractivity contribution is -0.141. The van der Waals surface area contributed by atoms with E-state index in [9.17, 15) is 14.7 Å². The van der Waals surface area contributed by atoms with Crippen LogP contribution in [0.1, 0.15) is 38.5 Å². The fourth-order valence-corrected chi connectivity index (χ4v) is 2.97. The van der Waals surface area contributed by atoms with Crippen molar-refractivity contribution in [2.24, 2.45) is 11.8 Å². The Bertz CT molecular complexity index is 331. The van der Waals surface area contributed by atoms with Crippen molar-refractivity contribution in [2.45, 2.75) is 44.6 Å². The summed E-state index contributed by atoms with van der Waals surface area (Å²) in [7, 11) is 0. The summed E-state index contributed by atoms with van der Waals surface area (Å²) >= 11 is 0. The molecule has 1 aliphatic carbocycles. The molecule has 1 amide bonds. The Labute approximate surface area is 107 Å². The van der Waals surface area contributed by atoms with Gasteiger partial charge in [-0.2, -0.15) is 0 Å². The van der Waals surface area contributed by atoms with E-state index in [0.717, 1.165) is 25.7 Å². The van der Waals surface area contributed by atoms with Crippen molar-refractivity contribution in [2.75, 3.05) is 13.1 Å². The first-order valence-electron chi connectivity index (χ1n) is 6.76. The van der Waals surface area contributed by atoms with Crippen LogP contribution in [0.25, 0.3) is 0 Å². The molecule has 0 radical (unpaired) electrons. The van der Waals surface area contributed by atoms with E-state index in [1.165, 1.54) is 0 Å². The molecule has 2 N–H and O–H groups in total. The fourth-order valence-electron chi connectivity index (χ4n) is 2.97. The summed E-state index contributed by atoms with van der Waals surface area (Å²) in [6.45, 7) is 0.871. The number of aliphatic carboxylic acids is 1. The first kappa shape index (κ1) is 13.3. The van der Waals surface area contributed by atoms with Crippen LogP contribution < -0.4 is 0 Å². The number of carboxylic acids is 1. The Morgan fingerprint density at radius 1 is 1.17 bits per heavy atom. The highest BCUT2D eigenvalue weighted by atomic mass is 16.4. The third-order valence-corrected chi connectivity index (χ3v) is 4.20. The maximum absolute atomic E-state index is 12.0. The first-order valence-corrected chi connectivity index (χ1v) is 6.76. The van der Waals surface area contributed by atoms with Crippen molar-refractivity contribution in [3.8, 4) is 0 Å². The zero-order valence-electron chi connectivity index (χ0n) is 10.5. The van der Waals surface area contributed by atoms with E-state index >= 15 is 0 Å². The van der Waals surface area contributed by atoms with Crippen LogP contribution in [0.5, 0.6) is 0 Å². The number of carbonyl (C=O) groups excluding carboxylic acids is 1. The summed E-state index contributed by atoms with van der Waals surface area (Å²) < 4.78 is 0. The largest absolute Gasteiger partial charge is 0.481 e. The highest BCUT2D eigenvalue weighted by Gasteiger charge is 2.33. The molecule has 3 atom stereocenters. The third kappa shape index (κ3) is 3.02. The number of carbonyl (C=O) groups is 2. The second-order valence-corrected chi connectivity index (χ2v) is 5.48. The molecule has 1 heterocycles. The minimum absolute atomic E-state index is 0.00435. The second kappa shape index (κ2) is 5.69. The summed E-state index contributed by atoms with van der Waals surface area (Å²) in [5.74, 6) is -1.16. The average Bonchev–Trinajstić information content (AvgIpc) is 2.81. The topological polar surface area (TPSA) is 77.8 Å². The molecule has 1 saturated carbocycles. The maximum atomic E-state index is 12.0. The second-order valence-electron chi connectivity index (χ2n) is 5.48. The molecule has 1 saturated heterocycles. The van der Waals surface area contributed by atoms with Crippen LogP contribution in [0, 0.1) is 11.8 Å². The van der Waals surface area contributed by atoms with Gasteiger partial charge in [0.05, 0.1) is 12.0 Å². The Hall–Kier alpha value is -1.10. The Kier molecular flexibility index (Phi) is 4.22. The van der Waals surface area contributed by atoms with E-state index in [1.807, 2.05) is 0 Å². The number of aliphatic hydroxyl groups excluding tert-OH is 1. The van der Waals surface area contributed by atoms with Crippen LogP contribution in [-0.2, 0) is 9.59 Å². The van der Waals surface area contributed by atoms with Gasteiger partial charge in [-0.25, -0.2) is 0 Å². The van der Waals surface area contributed by atoms with Gasteiger partial charge in [0.15, 0.2) is 0 Å². The van der Waals surface area contributed by atoms with Crippen LogP contribution in [0.3, 0.4) is 0 Å². The highest BCUT2D eigenvalue weighted by Crippen LogP contribution is 2.28. The fraction of sp³-hybridized carbons (Fsp3) is 0.846. The smallest absolute Gasteiger partial charge is 0.308 e. The van der Waals surface area contributed by atoms with Crippen molar-refractivity contribution in [1.82, 2.24) is 4.90 Å². The lowest BCUT2D eigenvalue weighted by Gasteiger charge is -2.28. The number of amides is 1. The Balaban J connectivity index is 1.83. The average molecular weight is 255 g/mol. The molecule has 1 unspecified atom stereocenters. The van der Waals surface area contributed by atoms with Gasteiger partial charge >= 0.3 is 5.97 Å². The molecule has 2 fully saturated rings. The summed E-state index contributed by atoms with van der Waals surface area (Å²) in [6, 6.07) is 0. The molecule has 18 heavy (non-hydrogen) atoms. The van der Waals surface area contributed by atoms with E-state index in [-0.39, 0.29) is 17.9 Å². The Morgan fingerprint density at radius 3 is 2.50 bits per heavy atom. The minimum Gasteiger partial charge on any atom is -0.481 e. The molecule has 1 aliphatic heterocycles. The summed E-state index contributed by atoms with van der Waals surface area (Å²) in [5, 5.41) is 18.7. The van der Waals surface area contributed by atoms with Crippen LogP contribution in [-0.4, -0.2) is 46.2 Å². The molecule has 2 aliphatic rings. The molecule has 2 rings (SSSR count). The summed E-state index contributed by atoms with van der Waals surface area (Å²) in [6.07, 6.45) is 4.37. The van der Waals surface area contributed by atoms with Gasteiger partial charge in [-0.1, -0.05) is 12.8 Å². The molecule has 0 aromatic rings. The molecule has 5 nitrogen and oxygen atoms in total. The lowest BCUT2D eigenvalue weighted by atomic mass is 9.84. The first-order chi connectivity index (χ1) is 8.58. The molecule has 5 heteroatoms. The number of carboxylic acid groups (broad SMARTS) is 1. The van der Waals surface area contributed by atoms with E-state index < -0.39 is 11.9 Å².